The number of pyridine rings is 1. The minimum atomic E-state index is -1.42. The lowest BCUT2D eigenvalue weighted by Crippen LogP contribution is -2.44. The molecule has 0 fully saturated rings. The van der Waals surface area contributed by atoms with Crippen LogP contribution in [0.25, 0.3) is 11.0 Å². The summed E-state index contributed by atoms with van der Waals surface area (Å²) in [6.45, 7) is -0.0814. The number of carboxylic acid groups (broad SMARTS) is 1. The van der Waals surface area contributed by atoms with E-state index in [9.17, 15) is 28.0 Å². The molecule has 0 aliphatic rings. The summed E-state index contributed by atoms with van der Waals surface area (Å²) in [5.74, 6) is -2.85. The number of benzene rings is 1. The molecular formula is C23H24F2N6O5. The quantitative estimate of drug-likeness (QED) is 0.329. The molecule has 2 aromatic heterocycles. The van der Waals surface area contributed by atoms with E-state index in [-0.39, 0.29) is 47.8 Å². The average molecular weight is 502 g/mol. The van der Waals surface area contributed by atoms with Gasteiger partial charge in [0.25, 0.3) is 5.56 Å². The number of hydrogen-bond donors (Lipinski definition) is 4. The number of likely N-dealkylation sites (N-methyl/N-ethyl adjacent to an activating group) is 1. The number of hydrogen-bond acceptors (Lipinski definition) is 5. The summed E-state index contributed by atoms with van der Waals surface area (Å²) >= 11 is 0. The maximum absolute atomic E-state index is 13.5. The van der Waals surface area contributed by atoms with Crippen molar-refractivity contribution >= 4 is 34.6 Å². The van der Waals surface area contributed by atoms with Gasteiger partial charge in [0.05, 0.1) is 17.6 Å². The molecule has 36 heavy (non-hydrogen) atoms. The number of nitrogens with zero attached hydrogens (tertiary/aromatic N) is 3. The number of carbonyl (C=O) groups excluding carboxylic acids is 2. The van der Waals surface area contributed by atoms with Crippen molar-refractivity contribution in [3.63, 3.8) is 0 Å². The molecule has 3 aromatic rings. The Labute approximate surface area is 203 Å². The standard InChI is InChI=1S/C23H24F2N6O5/c1-30(2)20(32)8-4-3-6-15(29-23(35)36)21(33)28-16-7-5-9-31(22(16)34)12-19-26-17-10-13(24)14(25)11-18(17)27-19/h4-5,7-11,15,29H,3,6,12H2,1-2H3,(H,26,27)(H,28,33)(H,35,36)/b8-4+. The van der Waals surface area contributed by atoms with Gasteiger partial charge < -0.3 is 30.2 Å². The number of nitrogens with one attached hydrogen (secondary N) is 3. The number of fused-ring (bicyclic) bond motifs is 1. The summed E-state index contributed by atoms with van der Waals surface area (Å²) in [6, 6.07) is 3.56. The molecule has 0 bridgehead atoms. The molecule has 0 aliphatic heterocycles. The molecule has 0 saturated carbocycles. The topological polar surface area (TPSA) is 149 Å². The fourth-order valence-electron chi connectivity index (χ4n) is 3.28. The maximum atomic E-state index is 13.5. The summed E-state index contributed by atoms with van der Waals surface area (Å²) in [6.07, 6.45) is 3.12. The molecule has 4 N–H and O–H groups in total. The zero-order valence-corrected chi connectivity index (χ0v) is 19.4. The Bertz CT molecular complexity index is 1340. The van der Waals surface area contributed by atoms with Crippen molar-refractivity contribution in [2.45, 2.75) is 25.4 Å². The first kappa shape index (κ1) is 26.1. The van der Waals surface area contributed by atoms with Crippen molar-refractivity contribution in [1.82, 2.24) is 24.8 Å². The first-order valence-electron chi connectivity index (χ1n) is 10.8. The molecule has 11 nitrogen and oxygen atoms in total. The average Bonchev–Trinajstić information content (AvgIpc) is 3.19. The van der Waals surface area contributed by atoms with Crippen LogP contribution >= 0.6 is 0 Å². The van der Waals surface area contributed by atoms with Gasteiger partial charge in [0.1, 0.15) is 17.6 Å². The Hall–Kier alpha value is -4.55. The van der Waals surface area contributed by atoms with E-state index in [1.165, 1.54) is 39.9 Å². The van der Waals surface area contributed by atoms with Crippen molar-refractivity contribution in [1.29, 1.82) is 0 Å². The zero-order valence-electron chi connectivity index (χ0n) is 19.4. The van der Waals surface area contributed by atoms with Crippen LogP contribution < -0.4 is 16.2 Å². The number of allylic oxidation sites excluding steroid dienone is 1. The van der Waals surface area contributed by atoms with Gasteiger partial charge in [-0.2, -0.15) is 0 Å². The van der Waals surface area contributed by atoms with E-state index in [0.717, 1.165) is 12.1 Å². The predicted molar refractivity (Wildman–Crippen MR) is 126 cm³/mol. The van der Waals surface area contributed by atoms with Crippen LogP contribution in [0.2, 0.25) is 0 Å². The summed E-state index contributed by atoms with van der Waals surface area (Å²) in [5.41, 5.74) is -0.268. The molecule has 13 heteroatoms. The van der Waals surface area contributed by atoms with Crippen LogP contribution in [0.15, 0.2) is 47.4 Å². The highest BCUT2D eigenvalue weighted by molar-refractivity contribution is 5.96. The number of anilines is 1. The summed E-state index contributed by atoms with van der Waals surface area (Å²) in [4.78, 5) is 56.6. The third kappa shape index (κ3) is 6.52. The predicted octanol–water partition coefficient (Wildman–Crippen LogP) is 2.05. The van der Waals surface area contributed by atoms with Crippen LogP contribution in [0, 0.1) is 11.6 Å². The highest BCUT2D eigenvalue weighted by Gasteiger charge is 2.21. The number of halogens is 2. The SMILES string of the molecule is CN(C)C(=O)/C=C/CCC(NC(=O)O)C(=O)Nc1cccn(Cc2nc3cc(F)c(F)cc3[nH]2)c1=O. The van der Waals surface area contributed by atoms with Crippen molar-refractivity contribution in [2.24, 2.45) is 0 Å². The van der Waals surface area contributed by atoms with E-state index in [0.29, 0.717) is 0 Å². The van der Waals surface area contributed by atoms with Crippen LogP contribution in [0.3, 0.4) is 0 Å². The van der Waals surface area contributed by atoms with E-state index < -0.39 is 35.2 Å². The van der Waals surface area contributed by atoms with Gasteiger partial charge >= 0.3 is 6.09 Å². The molecule has 3 amide bonds. The lowest BCUT2D eigenvalue weighted by atomic mass is 10.1. The van der Waals surface area contributed by atoms with Crippen molar-refractivity contribution in [2.75, 3.05) is 19.4 Å². The third-order valence-corrected chi connectivity index (χ3v) is 5.11. The zero-order chi connectivity index (χ0) is 26.4. The molecule has 0 aliphatic carbocycles. The number of carbonyl (C=O) groups is 3. The number of rotatable bonds is 9. The van der Waals surface area contributed by atoms with E-state index in [2.05, 4.69) is 20.6 Å². The monoisotopic (exact) mass is 502 g/mol. The number of H-pyrrole nitrogens is 1. The van der Waals surface area contributed by atoms with Crippen molar-refractivity contribution in [3.05, 3.63) is 70.4 Å². The first-order chi connectivity index (χ1) is 17.0. The van der Waals surface area contributed by atoms with Gasteiger partial charge in [-0.3, -0.25) is 14.4 Å². The van der Waals surface area contributed by atoms with E-state index in [1.807, 2.05) is 0 Å². The number of aromatic nitrogens is 3. The Morgan fingerprint density at radius 2 is 1.97 bits per heavy atom. The molecule has 1 unspecified atom stereocenters. The van der Waals surface area contributed by atoms with Crippen LogP contribution in [0.1, 0.15) is 18.7 Å². The Morgan fingerprint density at radius 1 is 1.25 bits per heavy atom. The molecule has 1 atom stereocenters. The van der Waals surface area contributed by atoms with Crippen LogP contribution in [0.5, 0.6) is 0 Å². The Balaban J connectivity index is 1.73. The van der Waals surface area contributed by atoms with Crippen molar-refractivity contribution in [3.8, 4) is 0 Å². The summed E-state index contributed by atoms with van der Waals surface area (Å²) < 4.78 is 28.1. The van der Waals surface area contributed by atoms with Gasteiger partial charge in [0.2, 0.25) is 11.8 Å². The van der Waals surface area contributed by atoms with Crippen LogP contribution in [-0.2, 0) is 16.1 Å². The Morgan fingerprint density at radius 3 is 2.67 bits per heavy atom. The second kappa shape index (κ2) is 11.3. The highest BCUT2D eigenvalue weighted by Crippen LogP contribution is 2.16. The minimum Gasteiger partial charge on any atom is -0.465 e. The normalized spacial score (nSPS) is 12.0. The van der Waals surface area contributed by atoms with E-state index >= 15 is 0 Å². The fourth-order valence-corrected chi connectivity index (χ4v) is 3.28. The number of aromatic amines is 1. The maximum Gasteiger partial charge on any atom is 0.405 e. The van der Waals surface area contributed by atoms with Gasteiger partial charge in [-0.05, 0) is 31.1 Å². The smallest absolute Gasteiger partial charge is 0.405 e. The molecule has 3 rings (SSSR count). The first-order valence-corrected chi connectivity index (χ1v) is 10.8. The molecule has 190 valence electrons. The molecule has 0 spiro atoms. The Kier molecular flexibility index (Phi) is 8.14. The molecule has 1 aromatic carbocycles. The van der Waals surface area contributed by atoms with Gasteiger partial charge in [0, 0.05) is 32.4 Å². The second-order valence-corrected chi connectivity index (χ2v) is 8.03. The van der Waals surface area contributed by atoms with E-state index in [1.54, 1.807) is 14.1 Å². The van der Waals surface area contributed by atoms with Crippen LogP contribution in [0.4, 0.5) is 19.3 Å². The highest BCUT2D eigenvalue weighted by atomic mass is 19.2. The number of amides is 3. The van der Waals surface area contributed by atoms with E-state index in [4.69, 9.17) is 5.11 Å². The van der Waals surface area contributed by atoms with Gasteiger partial charge in [-0.1, -0.05) is 6.08 Å². The minimum absolute atomic E-state index is 0.0441. The second-order valence-electron chi connectivity index (χ2n) is 8.03. The molecule has 0 radical (unpaired) electrons. The lowest BCUT2D eigenvalue weighted by Gasteiger charge is -2.16. The fraction of sp³-hybridized carbons (Fsp3) is 0.261. The van der Waals surface area contributed by atoms with Gasteiger partial charge in [-0.15, -0.1) is 0 Å². The summed E-state index contributed by atoms with van der Waals surface area (Å²) in [7, 11) is 3.16. The summed E-state index contributed by atoms with van der Waals surface area (Å²) in [5, 5.41) is 13.6. The lowest BCUT2D eigenvalue weighted by molar-refractivity contribution is -0.123. The van der Waals surface area contributed by atoms with Crippen LogP contribution in [-0.4, -0.2) is 62.6 Å². The molecular weight excluding hydrogens is 478 g/mol. The number of imidazole rings is 1. The van der Waals surface area contributed by atoms with Gasteiger partial charge in [-0.25, -0.2) is 18.6 Å². The third-order valence-electron chi connectivity index (χ3n) is 5.11. The molecule has 0 saturated heterocycles. The largest absolute Gasteiger partial charge is 0.465 e. The van der Waals surface area contributed by atoms with Gasteiger partial charge in [0.15, 0.2) is 11.6 Å². The van der Waals surface area contributed by atoms with Crippen molar-refractivity contribution < 1.29 is 28.3 Å². The molecule has 2 heterocycles.